The van der Waals surface area contributed by atoms with Crippen molar-refractivity contribution in [3.05, 3.63) is 28.1 Å². The lowest BCUT2D eigenvalue weighted by atomic mass is 10.2. The molecule has 0 unspecified atom stereocenters. The van der Waals surface area contributed by atoms with Crippen LogP contribution in [0.1, 0.15) is 9.67 Å². The Labute approximate surface area is 83.4 Å². The quantitative estimate of drug-likeness (QED) is 0.738. The van der Waals surface area contributed by atoms with Crippen LogP contribution in [0.15, 0.2) is 18.2 Å². The van der Waals surface area contributed by atoms with E-state index in [0.717, 1.165) is 4.70 Å². The highest BCUT2D eigenvalue weighted by molar-refractivity contribution is 7.21. The molecule has 2 aromatic rings. The lowest BCUT2D eigenvalue weighted by Crippen LogP contribution is -1.69. The molecule has 0 spiro atoms. The van der Waals surface area contributed by atoms with E-state index in [9.17, 15) is 9.90 Å². The number of rotatable bonds is 1. The van der Waals surface area contributed by atoms with Crippen LogP contribution in [0.4, 0.5) is 0 Å². The van der Waals surface area contributed by atoms with Crippen LogP contribution >= 0.6 is 22.9 Å². The number of aldehydes is 1. The maximum absolute atomic E-state index is 10.5. The molecule has 66 valence electrons. The molecule has 0 aliphatic rings. The highest BCUT2D eigenvalue weighted by atomic mass is 35.5. The molecular weight excluding hydrogens is 208 g/mol. The summed E-state index contributed by atoms with van der Waals surface area (Å²) >= 11 is 7.00. The van der Waals surface area contributed by atoms with Gasteiger partial charge in [0, 0.05) is 15.1 Å². The van der Waals surface area contributed by atoms with Crippen LogP contribution in [0.25, 0.3) is 10.1 Å². The average Bonchev–Trinajstić information content (AvgIpc) is 2.44. The van der Waals surface area contributed by atoms with E-state index in [1.807, 2.05) is 0 Å². The van der Waals surface area contributed by atoms with E-state index in [0.29, 0.717) is 21.6 Å². The van der Waals surface area contributed by atoms with Crippen molar-refractivity contribution in [2.24, 2.45) is 0 Å². The predicted octanol–water partition coefficient (Wildman–Crippen LogP) is 3.07. The number of halogens is 1. The fraction of sp³-hybridized carbons (Fsp3) is 0. The molecule has 0 bridgehead atoms. The van der Waals surface area contributed by atoms with Gasteiger partial charge in [0.05, 0.1) is 0 Å². The Morgan fingerprint density at radius 1 is 1.46 bits per heavy atom. The highest BCUT2D eigenvalue weighted by Crippen LogP contribution is 2.36. The summed E-state index contributed by atoms with van der Waals surface area (Å²) in [7, 11) is 0. The molecular formula is C9H5ClO2S. The molecule has 0 saturated carbocycles. The SMILES string of the molecule is O=Cc1sc2ccc(Cl)cc2c1O. The van der Waals surface area contributed by atoms with E-state index in [-0.39, 0.29) is 5.75 Å². The third-order valence-corrected chi connectivity index (χ3v) is 3.08. The number of hydrogen-bond donors (Lipinski definition) is 1. The second-order valence-corrected chi connectivity index (χ2v) is 4.09. The van der Waals surface area contributed by atoms with E-state index in [4.69, 9.17) is 11.6 Å². The number of fused-ring (bicyclic) bond motifs is 1. The van der Waals surface area contributed by atoms with Crippen LogP contribution in [0.5, 0.6) is 5.75 Å². The molecule has 0 fully saturated rings. The molecule has 0 saturated heterocycles. The molecule has 0 aliphatic carbocycles. The van der Waals surface area contributed by atoms with Gasteiger partial charge < -0.3 is 5.11 Å². The van der Waals surface area contributed by atoms with E-state index >= 15 is 0 Å². The van der Waals surface area contributed by atoms with Crippen molar-refractivity contribution < 1.29 is 9.90 Å². The van der Waals surface area contributed by atoms with E-state index in [1.54, 1.807) is 18.2 Å². The molecule has 0 amide bonds. The summed E-state index contributed by atoms with van der Waals surface area (Å²) in [5.41, 5.74) is 0. The normalized spacial score (nSPS) is 10.5. The second-order valence-electron chi connectivity index (χ2n) is 2.57. The van der Waals surface area contributed by atoms with Gasteiger partial charge in [-0.3, -0.25) is 4.79 Å². The molecule has 1 heterocycles. The highest BCUT2D eigenvalue weighted by Gasteiger charge is 2.09. The smallest absolute Gasteiger partial charge is 0.163 e. The summed E-state index contributed by atoms with van der Waals surface area (Å²) in [6, 6.07) is 5.17. The minimum Gasteiger partial charge on any atom is -0.506 e. The zero-order valence-electron chi connectivity index (χ0n) is 6.45. The van der Waals surface area contributed by atoms with Gasteiger partial charge >= 0.3 is 0 Å². The van der Waals surface area contributed by atoms with Crippen LogP contribution in [0.2, 0.25) is 5.02 Å². The summed E-state index contributed by atoms with van der Waals surface area (Å²) in [5, 5.41) is 10.7. The molecule has 0 atom stereocenters. The van der Waals surface area contributed by atoms with Crippen molar-refractivity contribution in [1.29, 1.82) is 0 Å². The van der Waals surface area contributed by atoms with Gasteiger partial charge in [0.2, 0.25) is 0 Å². The summed E-state index contributed by atoms with van der Waals surface area (Å²) in [4.78, 5) is 10.8. The Bertz CT molecular complexity index is 476. The third-order valence-electron chi connectivity index (χ3n) is 1.76. The Balaban J connectivity index is 2.84. The van der Waals surface area contributed by atoms with Gasteiger partial charge in [-0.05, 0) is 18.2 Å². The Morgan fingerprint density at radius 3 is 2.92 bits per heavy atom. The number of aromatic hydroxyl groups is 1. The fourth-order valence-electron chi connectivity index (χ4n) is 1.16. The van der Waals surface area contributed by atoms with Crippen LogP contribution in [-0.4, -0.2) is 11.4 Å². The van der Waals surface area contributed by atoms with Gasteiger partial charge in [-0.2, -0.15) is 0 Å². The summed E-state index contributed by atoms with van der Waals surface area (Å²) in [6.45, 7) is 0. The van der Waals surface area contributed by atoms with E-state index in [2.05, 4.69) is 0 Å². The minimum absolute atomic E-state index is 0.0255. The van der Waals surface area contributed by atoms with E-state index in [1.165, 1.54) is 11.3 Å². The van der Waals surface area contributed by atoms with Crippen molar-refractivity contribution in [2.75, 3.05) is 0 Å². The first-order valence-corrected chi connectivity index (χ1v) is 4.78. The maximum Gasteiger partial charge on any atom is 0.163 e. The van der Waals surface area contributed by atoms with Crippen molar-refractivity contribution in [2.45, 2.75) is 0 Å². The molecule has 2 rings (SSSR count). The number of carbonyl (C=O) groups is 1. The van der Waals surface area contributed by atoms with Crippen LogP contribution < -0.4 is 0 Å². The van der Waals surface area contributed by atoms with Crippen molar-refractivity contribution in [3.8, 4) is 5.75 Å². The zero-order chi connectivity index (χ0) is 9.42. The van der Waals surface area contributed by atoms with Gasteiger partial charge in [0.15, 0.2) is 6.29 Å². The maximum atomic E-state index is 10.5. The van der Waals surface area contributed by atoms with Gasteiger partial charge in [-0.15, -0.1) is 11.3 Å². The molecule has 13 heavy (non-hydrogen) atoms. The lowest BCUT2D eigenvalue weighted by molar-refractivity contribution is 0.112. The second kappa shape index (κ2) is 3.01. The Morgan fingerprint density at radius 2 is 2.23 bits per heavy atom. The lowest BCUT2D eigenvalue weighted by Gasteiger charge is -1.91. The van der Waals surface area contributed by atoms with Gasteiger partial charge in [-0.25, -0.2) is 0 Å². The fourth-order valence-corrected chi connectivity index (χ4v) is 2.22. The zero-order valence-corrected chi connectivity index (χ0v) is 8.02. The molecule has 1 N–H and O–H groups in total. The Kier molecular flexibility index (Phi) is 1.98. The van der Waals surface area contributed by atoms with Crippen molar-refractivity contribution in [1.82, 2.24) is 0 Å². The Hall–Kier alpha value is -1.06. The number of thiophene rings is 1. The first kappa shape index (κ1) is 8.53. The van der Waals surface area contributed by atoms with Crippen molar-refractivity contribution >= 4 is 39.3 Å². The van der Waals surface area contributed by atoms with Crippen LogP contribution in [-0.2, 0) is 0 Å². The molecule has 2 nitrogen and oxygen atoms in total. The number of carbonyl (C=O) groups excluding carboxylic acids is 1. The summed E-state index contributed by atoms with van der Waals surface area (Å²) in [5.74, 6) is 0.0255. The van der Waals surface area contributed by atoms with Crippen molar-refractivity contribution in [3.63, 3.8) is 0 Å². The van der Waals surface area contributed by atoms with Crippen LogP contribution in [0.3, 0.4) is 0 Å². The molecule has 4 heteroatoms. The average molecular weight is 213 g/mol. The molecule has 0 radical (unpaired) electrons. The first-order chi connectivity index (χ1) is 6.22. The van der Waals surface area contributed by atoms with E-state index < -0.39 is 0 Å². The standard InChI is InChI=1S/C9H5ClO2S/c10-5-1-2-7-6(3-5)9(12)8(4-11)13-7/h1-4,12H. The summed E-state index contributed by atoms with van der Waals surface area (Å²) in [6.07, 6.45) is 0.647. The van der Waals surface area contributed by atoms with Crippen LogP contribution in [0, 0.1) is 0 Å². The molecule has 0 aliphatic heterocycles. The first-order valence-electron chi connectivity index (χ1n) is 3.58. The summed E-state index contributed by atoms with van der Waals surface area (Å²) < 4.78 is 0.865. The minimum atomic E-state index is 0.0255. The predicted molar refractivity (Wildman–Crippen MR) is 53.9 cm³/mol. The topological polar surface area (TPSA) is 37.3 Å². The number of hydrogen-bond acceptors (Lipinski definition) is 3. The third kappa shape index (κ3) is 1.30. The molecule has 1 aromatic carbocycles. The largest absolute Gasteiger partial charge is 0.506 e. The monoisotopic (exact) mass is 212 g/mol. The number of benzene rings is 1. The van der Waals surface area contributed by atoms with Gasteiger partial charge in [0.1, 0.15) is 10.6 Å². The molecule has 1 aromatic heterocycles. The van der Waals surface area contributed by atoms with Gasteiger partial charge in [-0.1, -0.05) is 11.6 Å². The van der Waals surface area contributed by atoms with Gasteiger partial charge in [0.25, 0.3) is 0 Å².